The van der Waals surface area contributed by atoms with Crippen LogP contribution in [0.15, 0.2) is 47.8 Å². The number of rotatable bonds is 8. The zero-order valence-electron chi connectivity index (χ0n) is 15.9. The lowest BCUT2D eigenvalue weighted by molar-refractivity contribution is -0.0512. The summed E-state index contributed by atoms with van der Waals surface area (Å²) in [5.74, 6) is -0.439. The van der Waals surface area contributed by atoms with E-state index in [1.807, 2.05) is 36.6 Å². The highest BCUT2D eigenvalue weighted by Crippen LogP contribution is 2.29. The van der Waals surface area contributed by atoms with Gasteiger partial charge in [-0.25, -0.2) is 4.98 Å². The number of amides is 1. The first-order valence-corrected chi connectivity index (χ1v) is 9.76. The van der Waals surface area contributed by atoms with Gasteiger partial charge < -0.3 is 14.8 Å². The first kappa shape index (κ1) is 20.7. The zero-order chi connectivity index (χ0) is 20.8. The molecule has 3 rings (SSSR count). The lowest BCUT2D eigenvalue weighted by Crippen LogP contribution is -2.25. The highest BCUT2D eigenvalue weighted by Gasteiger charge is 2.14. The number of carbonyl (C=O) groups excluding carboxylic acids is 1. The number of thiazole rings is 1. The van der Waals surface area contributed by atoms with Gasteiger partial charge in [0, 0.05) is 29.5 Å². The molecule has 0 aliphatic carbocycles. The summed E-state index contributed by atoms with van der Waals surface area (Å²) >= 11 is 1.55. The van der Waals surface area contributed by atoms with Crippen LogP contribution in [0, 0.1) is 6.92 Å². The topological polar surface area (TPSA) is 60.5 Å². The average Bonchev–Trinajstić information content (AvgIpc) is 3.17. The molecule has 0 saturated heterocycles. The van der Waals surface area contributed by atoms with Crippen molar-refractivity contribution in [3.63, 3.8) is 0 Å². The van der Waals surface area contributed by atoms with Gasteiger partial charge >= 0.3 is 6.61 Å². The summed E-state index contributed by atoms with van der Waals surface area (Å²) in [6.45, 7) is -0.604. The van der Waals surface area contributed by atoms with Crippen LogP contribution >= 0.6 is 11.3 Å². The summed E-state index contributed by atoms with van der Waals surface area (Å²) in [5, 5.41) is 5.65. The lowest BCUT2D eigenvalue weighted by atomic mass is 10.1. The predicted molar refractivity (Wildman–Crippen MR) is 108 cm³/mol. The van der Waals surface area contributed by atoms with Gasteiger partial charge in [-0.2, -0.15) is 8.78 Å². The summed E-state index contributed by atoms with van der Waals surface area (Å²) in [6.07, 6.45) is 0.560. The van der Waals surface area contributed by atoms with E-state index in [0.717, 1.165) is 16.3 Å². The van der Waals surface area contributed by atoms with Gasteiger partial charge in [0.1, 0.15) is 5.01 Å². The number of aryl methyl sites for hydroxylation is 1. The fraction of sp³-hybridized carbons (Fsp3) is 0.238. The Hall–Kier alpha value is -3.00. The first-order chi connectivity index (χ1) is 14.0. The maximum atomic E-state index is 12.5. The van der Waals surface area contributed by atoms with Crippen molar-refractivity contribution >= 4 is 17.2 Å². The molecule has 0 saturated carbocycles. The van der Waals surface area contributed by atoms with Crippen LogP contribution in [0.4, 0.5) is 8.78 Å². The van der Waals surface area contributed by atoms with Crippen molar-refractivity contribution in [2.75, 3.05) is 13.7 Å². The minimum atomic E-state index is -3.00. The van der Waals surface area contributed by atoms with E-state index < -0.39 is 6.61 Å². The van der Waals surface area contributed by atoms with Crippen molar-refractivity contribution < 1.29 is 23.0 Å². The van der Waals surface area contributed by atoms with Crippen molar-refractivity contribution in [1.29, 1.82) is 0 Å². The SMILES string of the molecule is COc1ccc(C(=O)NCCc2csc(-c3ccc(C)cc3)n2)cc1OC(F)F. The van der Waals surface area contributed by atoms with E-state index in [0.29, 0.717) is 13.0 Å². The van der Waals surface area contributed by atoms with Crippen LogP contribution < -0.4 is 14.8 Å². The van der Waals surface area contributed by atoms with Crippen molar-refractivity contribution in [3.8, 4) is 22.1 Å². The van der Waals surface area contributed by atoms with Gasteiger partial charge in [-0.3, -0.25) is 4.79 Å². The van der Waals surface area contributed by atoms with Crippen LogP contribution in [-0.2, 0) is 6.42 Å². The van der Waals surface area contributed by atoms with Gasteiger partial charge in [-0.1, -0.05) is 29.8 Å². The van der Waals surface area contributed by atoms with E-state index >= 15 is 0 Å². The summed E-state index contributed by atoms with van der Waals surface area (Å²) in [4.78, 5) is 16.9. The number of hydrogen-bond donors (Lipinski definition) is 1. The third-order valence-electron chi connectivity index (χ3n) is 4.16. The molecule has 8 heteroatoms. The molecule has 152 valence electrons. The molecule has 0 bridgehead atoms. The fourth-order valence-corrected chi connectivity index (χ4v) is 3.52. The molecule has 2 aromatic carbocycles. The van der Waals surface area contributed by atoms with Crippen molar-refractivity contribution in [1.82, 2.24) is 10.3 Å². The molecule has 1 heterocycles. The van der Waals surface area contributed by atoms with E-state index in [1.165, 1.54) is 30.9 Å². The summed E-state index contributed by atoms with van der Waals surface area (Å²) in [6, 6.07) is 12.3. The minimum Gasteiger partial charge on any atom is -0.493 e. The van der Waals surface area contributed by atoms with E-state index in [9.17, 15) is 13.6 Å². The summed E-state index contributed by atoms with van der Waals surface area (Å²) in [7, 11) is 1.34. The molecule has 1 amide bonds. The van der Waals surface area contributed by atoms with Crippen LogP contribution in [0.2, 0.25) is 0 Å². The monoisotopic (exact) mass is 418 g/mol. The molecule has 0 spiro atoms. The number of halogens is 2. The number of nitrogens with zero attached hydrogens (tertiary/aromatic N) is 1. The molecule has 3 aromatic rings. The predicted octanol–water partition coefficient (Wildman–Crippen LogP) is 4.70. The second kappa shape index (κ2) is 9.47. The van der Waals surface area contributed by atoms with E-state index in [4.69, 9.17) is 4.74 Å². The Kier molecular flexibility index (Phi) is 6.77. The molecule has 0 atom stereocenters. The summed E-state index contributed by atoms with van der Waals surface area (Å²) in [5.41, 5.74) is 3.33. The summed E-state index contributed by atoms with van der Waals surface area (Å²) < 4.78 is 34.4. The minimum absolute atomic E-state index is 0.132. The van der Waals surface area contributed by atoms with Crippen LogP contribution in [0.1, 0.15) is 21.6 Å². The fourth-order valence-electron chi connectivity index (χ4n) is 2.66. The Balaban J connectivity index is 1.58. The van der Waals surface area contributed by atoms with Gasteiger partial charge in [0.05, 0.1) is 12.8 Å². The van der Waals surface area contributed by atoms with Crippen molar-refractivity contribution in [2.45, 2.75) is 20.0 Å². The van der Waals surface area contributed by atoms with Gasteiger partial charge in [-0.15, -0.1) is 11.3 Å². The van der Waals surface area contributed by atoms with Crippen LogP contribution in [0.3, 0.4) is 0 Å². The number of aromatic nitrogens is 1. The van der Waals surface area contributed by atoms with Gasteiger partial charge in [0.15, 0.2) is 11.5 Å². The number of methoxy groups -OCH3 is 1. The normalized spacial score (nSPS) is 10.8. The van der Waals surface area contributed by atoms with Crippen LogP contribution in [-0.4, -0.2) is 31.2 Å². The van der Waals surface area contributed by atoms with Gasteiger partial charge in [0.25, 0.3) is 5.91 Å². The quantitative estimate of drug-likeness (QED) is 0.576. The zero-order valence-corrected chi connectivity index (χ0v) is 16.8. The van der Waals surface area contributed by atoms with E-state index in [2.05, 4.69) is 15.0 Å². The number of nitrogens with one attached hydrogen (secondary N) is 1. The van der Waals surface area contributed by atoms with Gasteiger partial charge in [0.2, 0.25) is 0 Å². The Bertz CT molecular complexity index is 974. The average molecular weight is 418 g/mol. The largest absolute Gasteiger partial charge is 0.493 e. The first-order valence-electron chi connectivity index (χ1n) is 8.88. The molecule has 0 fully saturated rings. The lowest BCUT2D eigenvalue weighted by Gasteiger charge is -2.11. The Labute approximate surface area is 171 Å². The molecule has 5 nitrogen and oxygen atoms in total. The highest BCUT2D eigenvalue weighted by atomic mass is 32.1. The number of carbonyl (C=O) groups is 1. The Morgan fingerprint density at radius 1 is 1.17 bits per heavy atom. The Morgan fingerprint density at radius 2 is 1.93 bits per heavy atom. The maximum Gasteiger partial charge on any atom is 0.387 e. The second-order valence-corrected chi connectivity index (χ2v) is 7.12. The molecular formula is C21H20F2N2O3S. The number of ether oxygens (including phenoxy) is 2. The van der Waals surface area contributed by atoms with Crippen molar-refractivity contribution in [3.05, 3.63) is 64.7 Å². The number of alkyl halides is 2. The molecule has 1 N–H and O–H groups in total. The van der Waals surface area contributed by atoms with Crippen LogP contribution in [0.25, 0.3) is 10.6 Å². The van der Waals surface area contributed by atoms with E-state index in [1.54, 1.807) is 11.3 Å². The number of hydrogen-bond acceptors (Lipinski definition) is 5. The third kappa shape index (κ3) is 5.51. The third-order valence-corrected chi connectivity index (χ3v) is 5.10. The molecule has 0 radical (unpaired) electrons. The smallest absolute Gasteiger partial charge is 0.387 e. The Morgan fingerprint density at radius 3 is 2.62 bits per heavy atom. The molecule has 1 aromatic heterocycles. The molecule has 29 heavy (non-hydrogen) atoms. The second-order valence-electron chi connectivity index (χ2n) is 6.26. The molecule has 0 aliphatic rings. The highest BCUT2D eigenvalue weighted by molar-refractivity contribution is 7.13. The molecular weight excluding hydrogens is 398 g/mol. The number of benzene rings is 2. The van der Waals surface area contributed by atoms with E-state index in [-0.39, 0.29) is 23.0 Å². The van der Waals surface area contributed by atoms with Crippen LogP contribution in [0.5, 0.6) is 11.5 Å². The van der Waals surface area contributed by atoms with Gasteiger partial charge in [-0.05, 0) is 25.1 Å². The molecule has 0 unspecified atom stereocenters. The van der Waals surface area contributed by atoms with Crippen molar-refractivity contribution in [2.24, 2.45) is 0 Å². The maximum absolute atomic E-state index is 12.5. The molecule has 0 aliphatic heterocycles. The standard InChI is InChI=1S/C21H20F2N2O3S/c1-13-3-5-14(6-4-13)20-25-16(12-29-20)9-10-24-19(26)15-7-8-17(27-2)18(11-15)28-21(22)23/h3-8,11-12,21H,9-10H2,1-2H3,(H,24,26).